The van der Waals surface area contributed by atoms with Crippen molar-refractivity contribution in [2.75, 3.05) is 11.1 Å². The Kier molecular flexibility index (Phi) is 4.14. The Bertz CT molecular complexity index is 649. The summed E-state index contributed by atoms with van der Waals surface area (Å²) in [4.78, 5) is 17.9. The Balaban J connectivity index is 2.29. The first-order valence-electron chi connectivity index (χ1n) is 5.76. The fourth-order valence-corrected chi connectivity index (χ4v) is 2.11. The van der Waals surface area contributed by atoms with Crippen LogP contribution in [0.4, 0.5) is 17.5 Å². The van der Waals surface area contributed by atoms with Gasteiger partial charge in [-0.25, -0.2) is 4.98 Å². The number of hydrogen-bond acceptors (Lipinski definition) is 6. The molecule has 0 aliphatic heterocycles. The van der Waals surface area contributed by atoms with Gasteiger partial charge in [0.2, 0.25) is 11.8 Å². The molecule has 3 N–H and O–H groups in total. The summed E-state index contributed by atoms with van der Waals surface area (Å²) in [5.74, 6) is 0.0921. The zero-order valence-electron chi connectivity index (χ0n) is 10.6. The Morgan fingerprint density at radius 3 is 2.90 bits per heavy atom. The van der Waals surface area contributed by atoms with Gasteiger partial charge in [0.15, 0.2) is 0 Å². The van der Waals surface area contributed by atoms with E-state index in [1.165, 1.54) is 0 Å². The van der Waals surface area contributed by atoms with Gasteiger partial charge in [0.1, 0.15) is 6.20 Å². The first-order valence-corrected chi connectivity index (χ1v) is 6.55. The second-order valence-corrected chi connectivity index (χ2v) is 5.06. The van der Waals surface area contributed by atoms with E-state index in [2.05, 4.69) is 31.2 Å². The van der Waals surface area contributed by atoms with Crippen molar-refractivity contribution in [1.82, 2.24) is 9.97 Å². The van der Waals surface area contributed by atoms with Crippen LogP contribution in [0.2, 0.25) is 0 Å². The minimum Gasteiger partial charge on any atom is -0.368 e. The number of nitrogens with zero attached hydrogens (tertiary/aromatic N) is 3. The fraction of sp³-hybridized carbons (Fsp3) is 0.167. The SMILES string of the molecule is CC(Nc1nc(N)ncc1[N+](=O)[O-])c1cccc(Br)c1. The maximum Gasteiger partial charge on any atom is 0.329 e. The number of benzene rings is 1. The largest absolute Gasteiger partial charge is 0.368 e. The van der Waals surface area contributed by atoms with E-state index in [-0.39, 0.29) is 23.5 Å². The van der Waals surface area contributed by atoms with Crippen molar-refractivity contribution in [2.45, 2.75) is 13.0 Å². The van der Waals surface area contributed by atoms with E-state index >= 15 is 0 Å². The second kappa shape index (κ2) is 5.83. The summed E-state index contributed by atoms with van der Waals surface area (Å²) in [5.41, 5.74) is 6.23. The molecule has 1 aromatic heterocycles. The normalized spacial score (nSPS) is 11.9. The molecular formula is C12H12BrN5O2. The molecule has 0 radical (unpaired) electrons. The van der Waals surface area contributed by atoms with Gasteiger partial charge >= 0.3 is 5.69 Å². The van der Waals surface area contributed by atoms with E-state index < -0.39 is 4.92 Å². The zero-order valence-corrected chi connectivity index (χ0v) is 12.2. The van der Waals surface area contributed by atoms with Crippen molar-refractivity contribution in [3.63, 3.8) is 0 Å². The highest BCUT2D eigenvalue weighted by molar-refractivity contribution is 9.10. The molecule has 2 aromatic rings. The number of anilines is 2. The van der Waals surface area contributed by atoms with Crippen LogP contribution in [0.15, 0.2) is 34.9 Å². The molecule has 0 saturated carbocycles. The number of hydrogen-bond donors (Lipinski definition) is 2. The van der Waals surface area contributed by atoms with Gasteiger partial charge in [-0.1, -0.05) is 28.1 Å². The number of aromatic nitrogens is 2. The third kappa shape index (κ3) is 3.21. The van der Waals surface area contributed by atoms with Crippen molar-refractivity contribution >= 4 is 33.4 Å². The standard InChI is InChI=1S/C12H12BrN5O2/c1-7(8-3-2-4-9(13)5-8)16-11-10(18(19)20)6-15-12(14)17-11/h2-7H,1H3,(H3,14,15,16,17). The van der Waals surface area contributed by atoms with Gasteiger partial charge < -0.3 is 11.1 Å². The lowest BCUT2D eigenvalue weighted by atomic mass is 10.1. The topological polar surface area (TPSA) is 107 Å². The molecule has 1 heterocycles. The predicted molar refractivity (Wildman–Crippen MR) is 79.3 cm³/mol. The minimum atomic E-state index is -0.546. The molecule has 104 valence electrons. The number of rotatable bonds is 4. The molecule has 1 atom stereocenters. The minimum absolute atomic E-state index is 0.0143. The Morgan fingerprint density at radius 2 is 2.25 bits per heavy atom. The molecule has 1 unspecified atom stereocenters. The summed E-state index contributed by atoms with van der Waals surface area (Å²) in [7, 11) is 0. The van der Waals surface area contributed by atoms with Gasteiger partial charge in [-0.2, -0.15) is 4.98 Å². The van der Waals surface area contributed by atoms with Gasteiger partial charge in [0.05, 0.1) is 11.0 Å². The smallest absolute Gasteiger partial charge is 0.329 e. The van der Waals surface area contributed by atoms with E-state index in [1.807, 2.05) is 31.2 Å². The van der Waals surface area contributed by atoms with Crippen molar-refractivity contribution in [3.05, 3.63) is 50.6 Å². The van der Waals surface area contributed by atoms with Crippen molar-refractivity contribution in [3.8, 4) is 0 Å². The molecule has 0 aliphatic rings. The summed E-state index contributed by atoms with van der Waals surface area (Å²) in [6.07, 6.45) is 1.10. The quantitative estimate of drug-likeness (QED) is 0.656. The van der Waals surface area contributed by atoms with Crippen LogP contribution in [-0.2, 0) is 0 Å². The van der Waals surface area contributed by atoms with E-state index in [0.717, 1.165) is 16.2 Å². The van der Waals surface area contributed by atoms with Gasteiger partial charge in [-0.05, 0) is 24.6 Å². The second-order valence-electron chi connectivity index (χ2n) is 4.14. The predicted octanol–water partition coefficient (Wildman–Crippen LogP) is 2.90. The van der Waals surface area contributed by atoms with Crippen LogP contribution in [0.25, 0.3) is 0 Å². The average Bonchev–Trinajstić information content (AvgIpc) is 2.38. The summed E-state index contributed by atoms with van der Waals surface area (Å²) >= 11 is 3.38. The first kappa shape index (κ1) is 14.2. The van der Waals surface area contributed by atoms with E-state index in [1.54, 1.807) is 0 Å². The highest BCUT2D eigenvalue weighted by Gasteiger charge is 2.18. The van der Waals surface area contributed by atoms with Gasteiger partial charge in [0, 0.05) is 4.47 Å². The molecule has 20 heavy (non-hydrogen) atoms. The highest BCUT2D eigenvalue weighted by Crippen LogP contribution is 2.26. The molecule has 2 rings (SSSR count). The molecule has 0 bridgehead atoms. The summed E-state index contributed by atoms with van der Waals surface area (Å²) in [6, 6.07) is 7.47. The van der Waals surface area contributed by atoms with E-state index in [4.69, 9.17) is 5.73 Å². The van der Waals surface area contributed by atoms with Crippen LogP contribution < -0.4 is 11.1 Å². The third-order valence-corrected chi connectivity index (χ3v) is 3.18. The molecule has 7 nitrogen and oxygen atoms in total. The van der Waals surface area contributed by atoms with Crippen LogP contribution in [0, 0.1) is 10.1 Å². The van der Waals surface area contributed by atoms with Crippen molar-refractivity contribution < 1.29 is 4.92 Å². The molecule has 0 saturated heterocycles. The van der Waals surface area contributed by atoms with Crippen LogP contribution in [-0.4, -0.2) is 14.9 Å². The van der Waals surface area contributed by atoms with Crippen LogP contribution in [0.3, 0.4) is 0 Å². The third-order valence-electron chi connectivity index (χ3n) is 2.69. The zero-order chi connectivity index (χ0) is 14.7. The average molecular weight is 338 g/mol. The van der Waals surface area contributed by atoms with Crippen molar-refractivity contribution in [2.24, 2.45) is 0 Å². The molecule has 0 fully saturated rings. The monoisotopic (exact) mass is 337 g/mol. The first-order chi connectivity index (χ1) is 9.47. The molecule has 0 amide bonds. The lowest BCUT2D eigenvalue weighted by molar-refractivity contribution is -0.384. The van der Waals surface area contributed by atoms with Gasteiger partial charge in [0.25, 0.3) is 0 Å². The number of nitrogens with one attached hydrogen (secondary N) is 1. The van der Waals surface area contributed by atoms with Crippen molar-refractivity contribution in [1.29, 1.82) is 0 Å². The van der Waals surface area contributed by atoms with Crippen LogP contribution in [0.1, 0.15) is 18.5 Å². The Labute approximate surface area is 123 Å². The maximum atomic E-state index is 10.9. The molecule has 0 spiro atoms. The highest BCUT2D eigenvalue weighted by atomic mass is 79.9. The van der Waals surface area contributed by atoms with Crippen LogP contribution >= 0.6 is 15.9 Å². The van der Waals surface area contributed by atoms with E-state index in [0.29, 0.717) is 0 Å². The number of halogens is 1. The number of nitro groups is 1. The molecule has 1 aromatic carbocycles. The lowest BCUT2D eigenvalue weighted by Gasteiger charge is -2.15. The Morgan fingerprint density at radius 1 is 1.50 bits per heavy atom. The molecular weight excluding hydrogens is 326 g/mol. The lowest BCUT2D eigenvalue weighted by Crippen LogP contribution is -2.11. The Hall–Kier alpha value is -2.22. The number of nitrogens with two attached hydrogens (primary N) is 1. The molecule has 8 heteroatoms. The summed E-state index contributed by atoms with van der Waals surface area (Å²) in [5, 5.41) is 13.9. The maximum absolute atomic E-state index is 10.9. The summed E-state index contributed by atoms with van der Waals surface area (Å²) in [6.45, 7) is 1.88. The van der Waals surface area contributed by atoms with E-state index in [9.17, 15) is 10.1 Å². The van der Waals surface area contributed by atoms with Crippen LogP contribution in [0.5, 0.6) is 0 Å². The van der Waals surface area contributed by atoms with Gasteiger partial charge in [-0.3, -0.25) is 10.1 Å². The van der Waals surface area contributed by atoms with Gasteiger partial charge in [-0.15, -0.1) is 0 Å². The molecule has 0 aliphatic carbocycles. The number of nitrogen functional groups attached to an aromatic ring is 1. The fourth-order valence-electron chi connectivity index (χ4n) is 1.69. The summed E-state index contributed by atoms with van der Waals surface area (Å²) < 4.78 is 0.931.